The molecular formula is C27H33NO2. The van der Waals surface area contributed by atoms with Crippen molar-refractivity contribution in [2.24, 2.45) is 0 Å². The van der Waals surface area contributed by atoms with E-state index in [1.54, 1.807) is 6.92 Å². The van der Waals surface area contributed by atoms with Gasteiger partial charge in [0.25, 0.3) is 0 Å². The van der Waals surface area contributed by atoms with Crippen molar-refractivity contribution in [2.75, 3.05) is 6.61 Å². The Kier molecular flexibility index (Phi) is 8.94. The molecule has 0 amide bonds. The fourth-order valence-electron chi connectivity index (χ4n) is 2.90. The SMILES string of the molecule is CC.CC(=O)c1cc(-c2ccc(C)cc2)cc(C2CO2)c1.CCc1ccc(C)nc1. The summed E-state index contributed by atoms with van der Waals surface area (Å²) in [7, 11) is 0. The average molecular weight is 404 g/mol. The number of ether oxygens (including phenoxy) is 1. The van der Waals surface area contributed by atoms with Crippen molar-refractivity contribution in [1.82, 2.24) is 4.98 Å². The molecular weight excluding hydrogens is 370 g/mol. The Hall–Kier alpha value is -2.78. The van der Waals surface area contributed by atoms with Crippen LogP contribution in [0, 0.1) is 13.8 Å². The molecule has 3 heteroatoms. The molecule has 0 saturated carbocycles. The second-order valence-electron chi connectivity index (χ2n) is 7.25. The zero-order valence-electron chi connectivity index (χ0n) is 19.0. The molecule has 1 atom stereocenters. The third kappa shape index (κ3) is 6.93. The van der Waals surface area contributed by atoms with Crippen molar-refractivity contribution in [1.29, 1.82) is 0 Å². The van der Waals surface area contributed by atoms with Gasteiger partial charge in [0.15, 0.2) is 5.78 Å². The number of ketones is 1. The van der Waals surface area contributed by atoms with Gasteiger partial charge in [0.1, 0.15) is 6.10 Å². The molecule has 158 valence electrons. The number of carbonyl (C=O) groups is 1. The zero-order valence-corrected chi connectivity index (χ0v) is 19.0. The third-order valence-electron chi connectivity index (χ3n) is 4.83. The first kappa shape index (κ1) is 23.5. The molecule has 2 heterocycles. The standard InChI is InChI=1S/C17H16O2.C8H11N.C2H6/c1-11-3-5-13(6-4-11)15-7-14(12(2)18)8-16(9-15)17-10-19-17;1-3-8-5-4-7(2)9-6-8;1-2/h3-9,17H,10H2,1-2H3;4-6H,3H2,1-2H3;1-2H3. The zero-order chi connectivity index (χ0) is 22.1. The molecule has 0 N–H and O–H groups in total. The number of hydrogen-bond donors (Lipinski definition) is 0. The van der Waals surface area contributed by atoms with Crippen LogP contribution in [0.15, 0.2) is 60.8 Å². The maximum Gasteiger partial charge on any atom is 0.159 e. The highest BCUT2D eigenvalue weighted by molar-refractivity contribution is 5.95. The van der Waals surface area contributed by atoms with Crippen LogP contribution in [0.2, 0.25) is 0 Å². The summed E-state index contributed by atoms with van der Waals surface area (Å²) in [5.74, 6) is 0.0934. The number of carbonyl (C=O) groups excluding carboxylic acids is 1. The molecule has 1 aromatic heterocycles. The van der Waals surface area contributed by atoms with E-state index in [2.05, 4.69) is 55.2 Å². The predicted molar refractivity (Wildman–Crippen MR) is 125 cm³/mol. The Morgan fingerprint density at radius 2 is 1.67 bits per heavy atom. The molecule has 0 spiro atoms. The van der Waals surface area contributed by atoms with Gasteiger partial charge in [-0.25, -0.2) is 0 Å². The largest absolute Gasteiger partial charge is 0.368 e. The summed E-state index contributed by atoms with van der Waals surface area (Å²) in [5, 5.41) is 0. The van der Waals surface area contributed by atoms with Crippen LogP contribution in [0.5, 0.6) is 0 Å². The molecule has 1 fully saturated rings. The van der Waals surface area contributed by atoms with Crippen molar-refractivity contribution in [2.45, 2.75) is 54.1 Å². The van der Waals surface area contributed by atoms with Crippen LogP contribution in [0.25, 0.3) is 11.1 Å². The van der Waals surface area contributed by atoms with Crippen LogP contribution in [-0.4, -0.2) is 17.4 Å². The Bertz CT molecular complexity index is 940. The first-order chi connectivity index (χ1) is 14.5. The molecule has 30 heavy (non-hydrogen) atoms. The van der Waals surface area contributed by atoms with Gasteiger partial charge in [-0.05, 0) is 73.7 Å². The minimum atomic E-state index is 0.0934. The maximum atomic E-state index is 11.6. The molecule has 1 aliphatic heterocycles. The molecule has 2 aromatic carbocycles. The topological polar surface area (TPSA) is 42.5 Å². The van der Waals surface area contributed by atoms with Gasteiger partial charge >= 0.3 is 0 Å². The van der Waals surface area contributed by atoms with Crippen LogP contribution in [0.4, 0.5) is 0 Å². The Labute approximate surface area is 181 Å². The van der Waals surface area contributed by atoms with Gasteiger partial charge in [0.05, 0.1) is 6.61 Å². The van der Waals surface area contributed by atoms with E-state index in [1.807, 2.05) is 45.2 Å². The van der Waals surface area contributed by atoms with Crippen molar-refractivity contribution in [3.05, 3.63) is 88.7 Å². The maximum absolute atomic E-state index is 11.6. The summed E-state index contributed by atoms with van der Waals surface area (Å²) in [4.78, 5) is 15.8. The van der Waals surface area contributed by atoms with E-state index in [-0.39, 0.29) is 11.9 Å². The number of epoxide rings is 1. The molecule has 4 rings (SSSR count). The van der Waals surface area contributed by atoms with Gasteiger partial charge in [-0.2, -0.15) is 0 Å². The summed E-state index contributed by atoms with van der Waals surface area (Å²) in [6.45, 7) is 12.6. The van der Waals surface area contributed by atoms with Crippen molar-refractivity contribution < 1.29 is 9.53 Å². The average Bonchev–Trinajstić information content (AvgIpc) is 3.62. The third-order valence-corrected chi connectivity index (χ3v) is 4.83. The lowest BCUT2D eigenvalue weighted by molar-refractivity contribution is 0.101. The van der Waals surface area contributed by atoms with E-state index in [4.69, 9.17) is 4.74 Å². The Morgan fingerprint density at radius 3 is 2.17 bits per heavy atom. The second-order valence-corrected chi connectivity index (χ2v) is 7.25. The van der Waals surface area contributed by atoms with Crippen molar-refractivity contribution >= 4 is 5.78 Å². The number of aryl methyl sites for hydroxylation is 3. The quantitative estimate of drug-likeness (QED) is 0.351. The number of hydrogen-bond acceptors (Lipinski definition) is 3. The molecule has 1 saturated heterocycles. The number of aromatic nitrogens is 1. The summed E-state index contributed by atoms with van der Waals surface area (Å²) in [5.41, 5.74) is 7.70. The molecule has 0 radical (unpaired) electrons. The van der Waals surface area contributed by atoms with Gasteiger partial charge in [0.2, 0.25) is 0 Å². The minimum Gasteiger partial charge on any atom is -0.368 e. The minimum absolute atomic E-state index is 0.0934. The van der Waals surface area contributed by atoms with Gasteiger partial charge < -0.3 is 4.74 Å². The molecule has 3 nitrogen and oxygen atoms in total. The number of Topliss-reactive ketones (excluding diaryl/α,β-unsaturated/α-hetero) is 1. The highest BCUT2D eigenvalue weighted by Crippen LogP contribution is 2.33. The van der Waals surface area contributed by atoms with E-state index >= 15 is 0 Å². The molecule has 0 aliphatic carbocycles. The summed E-state index contributed by atoms with van der Waals surface area (Å²) in [6.07, 6.45) is 3.17. The van der Waals surface area contributed by atoms with Gasteiger partial charge in [-0.15, -0.1) is 0 Å². The summed E-state index contributed by atoms with van der Waals surface area (Å²) in [6, 6.07) is 18.5. The van der Waals surface area contributed by atoms with E-state index < -0.39 is 0 Å². The fraction of sp³-hybridized carbons (Fsp3) is 0.333. The fourth-order valence-corrected chi connectivity index (χ4v) is 2.90. The molecule has 1 unspecified atom stereocenters. The van der Waals surface area contributed by atoms with Gasteiger partial charge in [-0.1, -0.05) is 56.7 Å². The predicted octanol–water partition coefficient (Wildman–Crippen LogP) is 6.91. The van der Waals surface area contributed by atoms with Crippen LogP contribution < -0.4 is 0 Å². The summed E-state index contributed by atoms with van der Waals surface area (Å²) >= 11 is 0. The normalized spacial score (nSPS) is 14.0. The van der Waals surface area contributed by atoms with Gasteiger partial charge in [-0.3, -0.25) is 9.78 Å². The van der Waals surface area contributed by atoms with Crippen molar-refractivity contribution in [3.63, 3.8) is 0 Å². The van der Waals surface area contributed by atoms with Crippen LogP contribution in [0.3, 0.4) is 0 Å². The molecule has 0 bridgehead atoms. The van der Waals surface area contributed by atoms with E-state index in [0.29, 0.717) is 0 Å². The highest BCUT2D eigenvalue weighted by Gasteiger charge is 2.26. The van der Waals surface area contributed by atoms with Crippen LogP contribution >= 0.6 is 0 Å². The van der Waals surface area contributed by atoms with Crippen molar-refractivity contribution in [3.8, 4) is 11.1 Å². The number of benzene rings is 2. The lowest BCUT2D eigenvalue weighted by atomic mass is 9.96. The second kappa shape index (κ2) is 11.4. The molecule has 3 aromatic rings. The molecule has 1 aliphatic rings. The highest BCUT2D eigenvalue weighted by atomic mass is 16.6. The first-order valence-electron chi connectivity index (χ1n) is 10.7. The van der Waals surface area contributed by atoms with Crippen LogP contribution in [-0.2, 0) is 11.2 Å². The lowest BCUT2D eigenvalue weighted by Crippen LogP contribution is -1.95. The first-order valence-corrected chi connectivity index (χ1v) is 10.7. The van der Waals surface area contributed by atoms with E-state index in [0.717, 1.165) is 41.0 Å². The number of nitrogens with zero attached hydrogens (tertiary/aromatic N) is 1. The van der Waals surface area contributed by atoms with Crippen LogP contribution in [0.1, 0.15) is 66.5 Å². The monoisotopic (exact) mass is 403 g/mol. The van der Waals surface area contributed by atoms with E-state index in [9.17, 15) is 4.79 Å². The number of pyridine rings is 1. The smallest absolute Gasteiger partial charge is 0.159 e. The van der Waals surface area contributed by atoms with E-state index in [1.165, 1.54) is 11.1 Å². The Morgan fingerprint density at radius 1 is 1.00 bits per heavy atom. The van der Waals surface area contributed by atoms with Gasteiger partial charge in [0, 0.05) is 17.5 Å². The Balaban J connectivity index is 0.000000245. The number of rotatable bonds is 4. The summed E-state index contributed by atoms with van der Waals surface area (Å²) < 4.78 is 5.33. The lowest BCUT2D eigenvalue weighted by Gasteiger charge is -2.07.